The lowest BCUT2D eigenvalue weighted by molar-refractivity contribution is 0.0955. The topological polar surface area (TPSA) is 59.9 Å². The SMILES string of the molecule is COc1cc(/C=N\NC(=O)c2ccccc2Cl)cc(Cl)c1OCc1ccc(Cl)cc1. The van der Waals surface area contributed by atoms with Crippen LogP contribution < -0.4 is 14.9 Å². The third-order valence-corrected chi connectivity index (χ3v) is 4.91. The van der Waals surface area contributed by atoms with Crippen LogP contribution in [0.15, 0.2) is 65.8 Å². The molecule has 0 aliphatic carbocycles. The zero-order valence-electron chi connectivity index (χ0n) is 15.9. The monoisotopic (exact) mass is 462 g/mol. The molecule has 0 aliphatic rings. The Bertz CT molecular complexity index is 1070. The Labute approximate surface area is 189 Å². The van der Waals surface area contributed by atoms with E-state index in [1.54, 1.807) is 48.5 Å². The smallest absolute Gasteiger partial charge is 0.272 e. The second kappa shape index (κ2) is 10.3. The normalized spacial score (nSPS) is 10.8. The number of hydrazone groups is 1. The van der Waals surface area contributed by atoms with Crippen molar-refractivity contribution in [3.05, 3.63) is 92.4 Å². The first-order valence-electron chi connectivity index (χ1n) is 8.80. The molecule has 3 aromatic carbocycles. The summed E-state index contributed by atoms with van der Waals surface area (Å²) < 4.78 is 11.2. The fourth-order valence-corrected chi connectivity index (χ4v) is 3.18. The molecule has 0 aromatic heterocycles. The Morgan fingerprint density at radius 1 is 1.03 bits per heavy atom. The van der Waals surface area contributed by atoms with Crippen LogP contribution in [0, 0.1) is 0 Å². The average molecular weight is 464 g/mol. The molecule has 30 heavy (non-hydrogen) atoms. The quantitative estimate of drug-likeness (QED) is 0.345. The number of carbonyl (C=O) groups excluding carboxylic acids is 1. The van der Waals surface area contributed by atoms with E-state index in [1.807, 2.05) is 12.1 Å². The second-order valence-electron chi connectivity index (χ2n) is 6.13. The molecule has 0 bridgehead atoms. The van der Waals surface area contributed by atoms with E-state index in [-0.39, 0.29) is 0 Å². The van der Waals surface area contributed by atoms with Gasteiger partial charge in [-0.05, 0) is 47.5 Å². The van der Waals surface area contributed by atoms with Crippen LogP contribution in [0.5, 0.6) is 11.5 Å². The number of halogens is 3. The summed E-state index contributed by atoms with van der Waals surface area (Å²) in [6, 6.07) is 17.4. The predicted octanol–water partition coefficient (Wildman–Crippen LogP) is 6.00. The summed E-state index contributed by atoms with van der Waals surface area (Å²) in [5.41, 5.74) is 4.32. The third kappa shape index (κ3) is 5.66. The van der Waals surface area contributed by atoms with E-state index in [9.17, 15) is 4.79 Å². The number of nitrogens with zero attached hydrogens (tertiary/aromatic N) is 1. The highest BCUT2D eigenvalue weighted by atomic mass is 35.5. The maximum Gasteiger partial charge on any atom is 0.272 e. The van der Waals surface area contributed by atoms with Gasteiger partial charge in [0.2, 0.25) is 0 Å². The van der Waals surface area contributed by atoms with E-state index in [2.05, 4.69) is 10.5 Å². The van der Waals surface area contributed by atoms with Crippen LogP contribution in [0.25, 0.3) is 0 Å². The molecule has 0 aliphatic heterocycles. The molecule has 0 unspecified atom stereocenters. The van der Waals surface area contributed by atoms with Crippen molar-refractivity contribution in [3.8, 4) is 11.5 Å². The number of rotatable bonds is 7. The van der Waals surface area contributed by atoms with E-state index in [4.69, 9.17) is 44.3 Å². The van der Waals surface area contributed by atoms with E-state index in [0.29, 0.717) is 44.3 Å². The van der Waals surface area contributed by atoms with Gasteiger partial charge in [0.25, 0.3) is 5.91 Å². The highest BCUT2D eigenvalue weighted by molar-refractivity contribution is 6.34. The fourth-order valence-electron chi connectivity index (χ4n) is 2.56. The summed E-state index contributed by atoms with van der Waals surface area (Å²) in [5, 5.41) is 5.30. The first-order chi connectivity index (χ1) is 14.5. The van der Waals surface area contributed by atoms with Gasteiger partial charge in [0.05, 0.1) is 28.9 Å². The number of methoxy groups -OCH3 is 1. The minimum absolute atomic E-state index is 0.300. The van der Waals surface area contributed by atoms with Gasteiger partial charge >= 0.3 is 0 Å². The molecule has 1 amide bonds. The number of ether oxygens (including phenoxy) is 2. The van der Waals surface area contributed by atoms with Crippen molar-refractivity contribution < 1.29 is 14.3 Å². The lowest BCUT2D eigenvalue weighted by atomic mass is 10.2. The van der Waals surface area contributed by atoms with Crippen LogP contribution in [0.2, 0.25) is 15.1 Å². The van der Waals surface area contributed by atoms with Gasteiger partial charge in [-0.25, -0.2) is 5.43 Å². The van der Waals surface area contributed by atoms with Crippen molar-refractivity contribution in [1.29, 1.82) is 0 Å². The van der Waals surface area contributed by atoms with Crippen molar-refractivity contribution in [2.45, 2.75) is 6.61 Å². The molecule has 5 nitrogen and oxygen atoms in total. The van der Waals surface area contributed by atoms with Crippen LogP contribution in [0.3, 0.4) is 0 Å². The van der Waals surface area contributed by atoms with Gasteiger partial charge in [-0.2, -0.15) is 5.10 Å². The molecule has 154 valence electrons. The molecule has 0 radical (unpaired) electrons. The van der Waals surface area contributed by atoms with Crippen LogP contribution in [0.4, 0.5) is 0 Å². The minimum atomic E-state index is -0.419. The first-order valence-corrected chi connectivity index (χ1v) is 9.94. The largest absolute Gasteiger partial charge is 0.493 e. The van der Waals surface area contributed by atoms with E-state index in [1.165, 1.54) is 13.3 Å². The lowest BCUT2D eigenvalue weighted by Crippen LogP contribution is -2.17. The Balaban J connectivity index is 1.70. The molecular weight excluding hydrogens is 447 g/mol. The molecule has 3 aromatic rings. The molecule has 8 heteroatoms. The lowest BCUT2D eigenvalue weighted by Gasteiger charge is -2.13. The predicted molar refractivity (Wildman–Crippen MR) is 120 cm³/mol. The Morgan fingerprint density at radius 2 is 1.77 bits per heavy atom. The summed E-state index contributed by atoms with van der Waals surface area (Å²) in [5.74, 6) is 0.430. The highest BCUT2D eigenvalue weighted by Crippen LogP contribution is 2.36. The summed E-state index contributed by atoms with van der Waals surface area (Å²) >= 11 is 18.3. The number of nitrogens with one attached hydrogen (secondary N) is 1. The molecule has 0 atom stereocenters. The molecule has 0 fully saturated rings. The third-order valence-electron chi connectivity index (χ3n) is 4.05. The Hall–Kier alpha value is -2.73. The van der Waals surface area contributed by atoms with Crippen molar-refractivity contribution in [3.63, 3.8) is 0 Å². The average Bonchev–Trinajstić information content (AvgIpc) is 2.74. The van der Waals surface area contributed by atoms with Gasteiger partial charge in [-0.3, -0.25) is 4.79 Å². The van der Waals surface area contributed by atoms with Gasteiger partial charge in [-0.1, -0.05) is 59.1 Å². The van der Waals surface area contributed by atoms with Gasteiger partial charge in [0.15, 0.2) is 11.5 Å². The molecule has 1 N–H and O–H groups in total. The van der Waals surface area contributed by atoms with Crippen LogP contribution in [-0.4, -0.2) is 19.2 Å². The highest BCUT2D eigenvalue weighted by Gasteiger charge is 2.12. The Morgan fingerprint density at radius 3 is 2.47 bits per heavy atom. The van der Waals surface area contributed by atoms with Crippen LogP contribution >= 0.6 is 34.8 Å². The van der Waals surface area contributed by atoms with Gasteiger partial charge in [0, 0.05) is 5.02 Å². The minimum Gasteiger partial charge on any atom is -0.493 e. The van der Waals surface area contributed by atoms with E-state index >= 15 is 0 Å². The zero-order valence-corrected chi connectivity index (χ0v) is 18.1. The fraction of sp³-hybridized carbons (Fsp3) is 0.0909. The van der Waals surface area contributed by atoms with Crippen molar-refractivity contribution in [2.24, 2.45) is 5.10 Å². The zero-order chi connectivity index (χ0) is 21.5. The van der Waals surface area contributed by atoms with E-state index in [0.717, 1.165) is 5.56 Å². The molecule has 3 rings (SSSR count). The number of hydrogen-bond acceptors (Lipinski definition) is 4. The van der Waals surface area contributed by atoms with Crippen LogP contribution in [-0.2, 0) is 6.61 Å². The summed E-state index contributed by atoms with van der Waals surface area (Å²) in [4.78, 5) is 12.2. The maximum atomic E-state index is 12.2. The van der Waals surface area contributed by atoms with Crippen LogP contribution in [0.1, 0.15) is 21.5 Å². The number of hydrogen-bond donors (Lipinski definition) is 1. The number of carbonyl (C=O) groups is 1. The number of amides is 1. The molecular formula is C22H17Cl3N2O3. The standard InChI is InChI=1S/C22H17Cl3N2O3/c1-29-20-11-15(12-26-27-22(28)17-4-2-3-5-18(17)24)10-19(25)21(20)30-13-14-6-8-16(23)9-7-14/h2-12H,13H2,1H3,(H,27,28)/b26-12-. The molecule has 0 heterocycles. The molecule has 0 saturated heterocycles. The van der Waals surface area contributed by atoms with Crippen molar-refractivity contribution >= 4 is 46.9 Å². The Kier molecular flexibility index (Phi) is 7.57. The molecule has 0 spiro atoms. The summed E-state index contributed by atoms with van der Waals surface area (Å²) in [7, 11) is 1.51. The van der Waals surface area contributed by atoms with E-state index < -0.39 is 5.91 Å². The summed E-state index contributed by atoms with van der Waals surface area (Å²) in [6.45, 7) is 0.300. The summed E-state index contributed by atoms with van der Waals surface area (Å²) in [6.07, 6.45) is 1.45. The number of benzene rings is 3. The second-order valence-corrected chi connectivity index (χ2v) is 7.38. The maximum absolute atomic E-state index is 12.2. The molecule has 0 saturated carbocycles. The van der Waals surface area contributed by atoms with Gasteiger partial charge in [-0.15, -0.1) is 0 Å². The van der Waals surface area contributed by atoms with Crippen molar-refractivity contribution in [2.75, 3.05) is 7.11 Å². The first kappa shape index (κ1) is 22.0. The van der Waals surface area contributed by atoms with Gasteiger partial charge < -0.3 is 9.47 Å². The van der Waals surface area contributed by atoms with Gasteiger partial charge in [0.1, 0.15) is 6.61 Å². The van der Waals surface area contributed by atoms with Crippen molar-refractivity contribution in [1.82, 2.24) is 5.43 Å².